The molecule has 0 aliphatic carbocycles. The van der Waals surface area contributed by atoms with E-state index in [1.54, 1.807) is 40.0 Å². The minimum atomic E-state index is -1.23. The van der Waals surface area contributed by atoms with Gasteiger partial charge in [-0.2, -0.15) is 0 Å². The third-order valence-electron chi connectivity index (χ3n) is 8.80. The highest BCUT2D eigenvalue weighted by molar-refractivity contribution is 5.91. The maximum absolute atomic E-state index is 13.1. The van der Waals surface area contributed by atoms with Crippen LogP contribution in [-0.2, 0) is 33.3 Å². The predicted molar refractivity (Wildman–Crippen MR) is 160 cm³/mol. The van der Waals surface area contributed by atoms with Crippen molar-refractivity contribution in [3.05, 3.63) is 23.8 Å². The van der Waals surface area contributed by atoms with Gasteiger partial charge in [0.1, 0.15) is 24.6 Å². The van der Waals surface area contributed by atoms with Gasteiger partial charge in [-0.25, -0.2) is 0 Å². The summed E-state index contributed by atoms with van der Waals surface area (Å²) in [5.41, 5.74) is 0.725. The van der Waals surface area contributed by atoms with Crippen molar-refractivity contribution in [1.82, 2.24) is 4.90 Å². The summed E-state index contributed by atoms with van der Waals surface area (Å²) in [5, 5.41) is 32.6. The number of esters is 1. The molecular formula is C32H53NO10. The van der Waals surface area contributed by atoms with Crippen LogP contribution >= 0.6 is 0 Å². The molecule has 1 saturated heterocycles. The molecule has 0 radical (unpaired) electrons. The van der Waals surface area contributed by atoms with Gasteiger partial charge in [-0.15, -0.1) is 0 Å². The van der Waals surface area contributed by atoms with E-state index in [4.69, 9.17) is 18.9 Å². The maximum Gasteiger partial charge on any atom is 0.308 e. The molecule has 1 fully saturated rings. The number of aldehydes is 1. The first-order chi connectivity index (χ1) is 20.3. The molecule has 2 aliphatic rings. The first-order valence-corrected chi connectivity index (χ1v) is 15.3. The molecule has 0 bridgehead atoms. The van der Waals surface area contributed by atoms with Crippen molar-refractivity contribution in [3.8, 4) is 0 Å². The van der Waals surface area contributed by atoms with Gasteiger partial charge < -0.3 is 44.0 Å². The Morgan fingerprint density at radius 1 is 1.12 bits per heavy atom. The monoisotopic (exact) mass is 611 g/mol. The van der Waals surface area contributed by atoms with Gasteiger partial charge in [0.2, 0.25) is 0 Å². The summed E-state index contributed by atoms with van der Waals surface area (Å²) in [6, 6.07) is -0.475. The van der Waals surface area contributed by atoms with E-state index in [2.05, 4.69) is 0 Å². The number of methoxy groups -OCH3 is 1. The van der Waals surface area contributed by atoms with E-state index in [1.807, 2.05) is 32.8 Å². The summed E-state index contributed by atoms with van der Waals surface area (Å²) in [4.78, 5) is 39.9. The van der Waals surface area contributed by atoms with Crippen molar-refractivity contribution in [2.24, 2.45) is 23.7 Å². The Bertz CT molecular complexity index is 968. The van der Waals surface area contributed by atoms with E-state index in [0.29, 0.717) is 6.42 Å². The minimum Gasteiger partial charge on any atom is -0.462 e. The zero-order valence-electron chi connectivity index (χ0n) is 26.9. The number of carbonyl (C=O) groups is 3. The average molecular weight is 612 g/mol. The number of aliphatic hydroxyl groups excluding tert-OH is 3. The van der Waals surface area contributed by atoms with Crippen LogP contribution in [0.4, 0.5) is 0 Å². The van der Waals surface area contributed by atoms with Crippen molar-refractivity contribution in [2.75, 3.05) is 27.8 Å². The molecule has 0 saturated carbocycles. The number of rotatable bonds is 8. The van der Waals surface area contributed by atoms with Gasteiger partial charge in [-0.05, 0) is 52.8 Å². The highest BCUT2D eigenvalue weighted by Gasteiger charge is 2.48. The molecule has 0 amide bonds. The molecular weight excluding hydrogens is 558 g/mol. The Morgan fingerprint density at radius 2 is 1.79 bits per heavy atom. The number of carbonyl (C=O) groups excluding carboxylic acids is 3. The SMILES string of the molecule is CC[C@H]1OC(=O)C[C@@H](O)[C@H](C)[C@@H](O[C@@H]2O[C@H](C)[C@@H](OC)[C@H](N(C)C)[C@H]2O)[C@@H](CC=O)C[C@@H](C)C(=O)/C=C/C(C)=C/[C@@H]1CO. The van der Waals surface area contributed by atoms with Crippen LogP contribution in [0.15, 0.2) is 23.8 Å². The minimum absolute atomic E-state index is 0.0265. The maximum atomic E-state index is 13.1. The molecule has 0 unspecified atom stereocenters. The molecule has 0 aromatic rings. The lowest BCUT2D eigenvalue weighted by Crippen LogP contribution is -2.63. The number of nitrogens with zero attached hydrogens (tertiary/aromatic N) is 1. The fourth-order valence-electron chi connectivity index (χ4n) is 6.24. The molecule has 3 N–H and O–H groups in total. The van der Waals surface area contributed by atoms with E-state index in [9.17, 15) is 29.7 Å². The van der Waals surface area contributed by atoms with E-state index >= 15 is 0 Å². The molecule has 2 rings (SSSR count). The second-order valence-corrected chi connectivity index (χ2v) is 12.3. The molecule has 43 heavy (non-hydrogen) atoms. The fraction of sp³-hybridized carbons (Fsp3) is 0.781. The Balaban J connectivity index is 2.52. The summed E-state index contributed by atoms with van der Waals surface area (Å²) in [6.45, 7) is 8.66. The highest BCUT2D eigenvalue weighted by atomic mass is 16.7. The van der Waals surface area contributed by atoms with Crippen LogP contribution in [0.5, 0.6) is 0 Å². The lowest BCUT2D eigenvalue weighted by atomic mass is 9.79. The van der Waals surface area contributed by atoms with Crippen LogP contribution < -0.4 is 0 Å². The topological polar surface area (TPSA) is 152 Å². The third-order valence-corrected chi connectivity index (χ3v) is 8.80. The van der Waals surface area contributed by atoms with Gasteiger partial charge in [0.15, 0.2) is 12.1 Å². The molecule has 11 nitrogen and oxygen atoms in total. The largest absolute Gasteiger partial charge is 0.462 e. The zero-order chi connectivity index (χ0) is 32.4. The summed E-state index contributed by atoms with van der Waals surface area (Å²) in [5.74, 6) is -3.04. The number of ether oxygens (including phenoxy) is 4. The van der Waals surface area contributed by atoms with Crippen LogP contribution in [0.25, 0.3) is 0 Å². The Hall–Kier alpha value is -1.99. The van der Waals surface area contributed by atoms with E-state index in [-0.39, 0.29) is 31.7 Å². The lowest BCUT2D eigenvalue weighted by molar-refractivity contribution is -0.306. The van der Waals surface area contributed by atoms with Crippen LogP contribution in [0.1, 0.15) is 60.3 Å². The number of likely N-dealkylation sites (N-methyl/N-ethyl adjacent to an activating group) is 1. The van der Waals surface area contributed by atoms with Crippen LogP contribution in [0, 0.1) is 23.7 Å². The molecule has 12 atom stereocenters. The lowest BCUT2D eigenvalue weighted by Gasteiger charge is -2.47. The fourth-order valence-corrected chi connectivity index (χ4v) is 6.24. The van der Waals surface area contributed by atoms with Crippen molar-refractivity contribution >= 4 is 18.0 Å². The van der Waals surface area contributed by atoms with Crippen LogP contribution in [0.2, 0.25) is 0 Å². The second kappa shape index (κ2) is 17.5. The molecule has 11 heteroatoms. The molecule has 246 valence electrons. The van der Waals surface area contributed by atoms with Gasteiger partial charge in [0.25, 0.3) is 0 Å². The summed E-state index contributed by atoms with van der Waals surface area (Å²) < 4.78 is 23.8. The standard InChI is InChI=1S/C32H53NO10/c1-9-26-23(17-35)14-18(2)10-11-24(36)19(3)15-22(12-13-34)30(20(4)25(37)16-27(38)42-26)43-32-29(39)28(33(6)7)31(40-8)21(5)41-32/h10-11,13-14,19-23,25-26,28-32,35,37,39H,9,12,15-17H2,1-8H3/b11-10+,18-14+/t19-,20+,21-,22+,23-,25-,26-,28-,29-,30-,31-,32+/m1/s1. The smallest absolute Gasteiger partial charge is 0.308 e. The van der Waals surface area contributed by atoms with E-state index in [1.165, 1.54) is 6.08 Å². The van der Waals surface area contributed by atoms with Crippen molar-refractivity contribution < 1.29 is 48.7 Å². The van der Waals surface area contributed by atoms with Crippen molar-refractivity contribution in [3.63, 3.8) is 0 Å². The third kappa shape index (κ3) is 10.0. The number of hydrogen-bond acceptors (Lipinski definition) is 11. The Kier molecular flexibility index (Phi) is 15.1. The summed E-state index contributed by atoms with van der Waals surface area (Å²) in [6.07, 6.45) is 0.109. The number of cyclic esters (lactones) is 1. The number of ketones is 1. The molecule has 0 spiro atoms. The summed E-state index contributed by atoms with van der Waals surface area (Å²) >= 11 is 0. The zero-order valence-corrected chi connectivity index (χ0v) is 26.9. The average Bonchev–Trinajstić information content (AvgIpc) is 2.96. The quantitative estimate of drug-likeness (QED) is 0.273. The molecule has 0 aromatic heterocycles. The number of aliphatic hydroxyl groups is 3. The van der Waals surface area contributed by atoms with Crippen molar-refractivity contribution in [1.29, 1.82) is 0 Å². The second-order valence-electron chi connectivity index (χ2n) is 12.3. The van der Waals surface area contributed by atoms with Crippen LogP contribution in [0.3, 0.4) is 0 Å². The highest BCUT2D eigenvalue weighted by Crippen LogP contribution is 2.34. The first kappa shape index (κ1) is 37.2. The molecule has 2 heterocycles. The Labute approximate surface area is 256 Å². The normalized spacial score (nSPS) is 40.9. The first-order valence-electron chi connectivity index (χ1n) is 15.3. The van der Waals surface area contributed by atoms with E-state index in [0.717, 1.165) is 11.9 Å². The molecule has 2 aliphatic heterocycles. The van der Waals surface area contributed by atoms with Crippen LogP contribution in [-0.4, -0.2) is 115 Å². The van der Waals surface area contributed by atoms with E-state index < -0.39 is 78.6 Å². The predicted octanol–water partition coefficient (Wildman–Crippen LogP) is 2.06. The van der Waals surface area contributed by atoms with Gasteiger partial charge in [-0.1, -0.05) is 38.5 Å². The van der Waals surface area contributed by atoms with Crippen molar-refractivity contribution in [2.45, 2.75) is 109 Å². The summed E-state index contributed by atoms with van der Waals surface area (Å²) in [7, 11) is 5.18. The number of hydrogen-bond donors (Lipinski definition) is 3. The number of allylic oxidation sites excluding steroid dienone is 3. The van der Waals surface area contributed by atoms with Gasteiger partial charge in [0, 0.05) is 31.3 Å². The molecule has 0 aromatic carbocycles. The van der Waals surface area contributed by atoms with Gasteiger partial charge in [0.05, 0.1) is 37.4 Å². The Morgan fingerprint density at radius 3 is 2.35 bits per heavy atom. The van der Waals surface area contributed by atoms with Gasteiger partial charge in [-0.3, -0.25) is 9.59 Å². The van der Waals surface area contributed by atoms with Gasteiger partial charge >= 0.3 is 5.97 Å².